The van der Waals surface area contributed by atoms with Gasteiger partial charge in [0.05, 0.1) is 19.8 Å². The fraction of sp³-hybridized carbons (Fsp3) is 0.778. The number of rotatable bonds is 19. The van der Waals surface area contributed by atoms with Gasteiger partial charge in [0.15, 0.2) is 0 Å². The van der Waals surface area contributed by atoms with Gasteiger partial charge < -0.3 is 19.3 Å². The number of ether oxygens (including phenoxy) is 2. The molecule has 1 aliphatic rings. The van der Waals surface area contributed by atoms with Crippen LogP contribution in [-0.4, -0.2) is 54.7 Å². The molecule has 0 aromatic carbocycles. The summed E-state index contributed by atoms with van der Waals surface area (Å²) in [5.74, 6) is -0.410. The Morgan fingerprint density at radius 1 is 0.941 bits per heavy atom. The van der Waals surface area contributed by atoms with Crippen LogP contribution in [0.1, 0.15) is 104 Å². The molecule has 0 amide bonds. The van der Waals surface area contributed by atoms with E-state index in [2.05, 4.69) is 42.8 Å². The summed E-state index contributed by atoms with van der Waals surface area (Å²) in [6.45, 7) is 8.56. The maximum Gasteiger partial charge on any atom is 0.333 e. The van der Waals surface area contributed by atoms with Gasteiger partial charge >= 0.3 is 11.9 Å². The van der Waals surface area contributed by atoms with Gasteiger partial charge in [0.25, 0.3) is 0 Å². The number of halogens is 1. The average molecular weight is 593 g/mol. The van der Waals surface area contributed by atoms with Crippen LogP contribution < -0.4 is 0 Å². The second-order valence-electron chi connectivity index (χ2n) is 9.44. The Bertz CT molecular complexity index is 611. The highest BCUT2D eigenvalue weighted by Crippen LogP contribution is 2.25. The second-order valence-corrected chi connectivity index (χ2v) is 9.44. The Kier molecular flexibility index (Phi) is 19.3. The first-order chi connectivity index (χ1) is 15.9. The zero-order valence-electron chi connectivity index (χ0n) is 22.1. The van der Waals surface area contributed by atoms with Crippen LogP contribution in [0, 0.1) is 0 Å². The van der Waals surface area contributed by atoms with Crippen molar-refractivity contribution in [2.24, 2.45) is 0 Å². The van der Waals surface area contributed by atoms with Gasteiger partial charge in [0, 0.05) is 31.4 Å². The summed E-state index contributed by atoms with van der Waals surface area (Å²) in [5, 5.41) is 0. The number of hydrogen-bond acceptors (Lipinski definition) is 6. The van der Waals surface area contributed by atoms with Crippen molar-refractivity contribution in [2.45, 2.75) is 116 Å². The van der Waals surface area contributed by atoms with Crippen LogP contribution in [0.15, 0.2) is 24.6 Å². The van der Waals surface area contributed by atoms with Crippen LogP contribution in [0.3, 0.4) is 0 Å². The number of carbonyl (C=O) groups excluding carboxylic acids is 2. The van der Waals surface area contributed by atoms with Gasteiger partial charge in [-0.25, -0.2) is 4.79 Å². The second kappa shape index (κ2) is 20.0. The van der Waals surface area contributed by atoms with Crippen molar-refractivity contribution < 1.29 is 19.1 Å². The van der Waals surface area contributed by atoms with Crippen LogP contribution in [0.25, 0.3) is 0 Å². The molecule has 0 saturated carbocycles. The number of carbonyl (C=O) groups is 2. The van der Waals surface area contributed by atoms with E-state index in [1.165, 1.54) is 39.2 Å². The molecular formula is C27H49IN2O4. The van der Waals surface area contributed by atoms with E-state index in [1.54, 1.807) is 6.92 Å². The van der Waals surface area contributed by atoms with Crippen LogP contribution in [0.5, 0.6) is 0 Å². The standard InChI is InChI=1S/C27H48N2O4.HI/c1-6-7-8-9-12-15-18-25(33-27(31)23(2)3)24(29-21-20-28(4)22-29)17-14-11-10-13-16-19-26(30)32-5;/h20-21,24-25H,2,6-19,22H2,1,3-5H3;1H. The molecule has 0 saturated heterocycles. The summed E-state index contributed by atoms with van der Waals surface area (Å²) < 4.78 is 10.7. The Hall–Kier alpha value is -1.25. The summed E-state index contributed by atoms with van der Waals surface area (Å²) in [6.07, 6.45) is 19.0. The number of hydrogen-bond donors (Lipinski definition) is 0. The van der Waals surface area contributed by atoms with E-state index in [-0.39, 0.29) is 48.1 Å². The molecule has 0 N–H and O–H groups in total. The van der Waals surface area contributed by atoms with Crippen molar-refractivity contribution in [3.05, 3.63) is 24.6 Å². The van der Waals surface area contributed by atoms with Crippen molar-refractivity contribution in [3.63, 3.8) is 0 Å². The molecule has 0 radical (unpaired) electrons. The van der Waals surface area contributed by atoms with Gasteiger partial charge in [-0.3, -0.25) is 4.79 Å². The minimum atomic E-state index is -0.282. The molecule has 2 atom stereocenters. The quantitative estimate of drug-likeness (QED) is 0.0713. The minimum absolute atomic E-state index is 0. The molecule has 1 aliphatic heterocycles. The van der Waals surface area contributed by atoms with E-state index in [0.29, 0.717) is 12.0 Å². The number of methoxy groups -OCH3 is 1. The molecule has 0 aliphatic carbocycles. The van der Waals surface area contributed by atoms with Crippen molar-refractivity contribution in [2.75, 3.05) is 20.8 Å². The summed E-state index contributed by atoms with van der Waals surface area (Å²) in [5.41, 5.74) is 0.460. The average Bonchev–Trinajstić information content (AvgIpc) is 3.22. The summed E-state index contributed by atoms with van der Waals surface area (Å²) in [4.78, 5) is 28.2. The molecule has 198 valence electrons. The molecule has 0 bridgehead atoms. The first-order valence-corrected chi connectivity index (χ1v) is 13.0. The molecular weight excluding hydrogens is 543 g/mol. The monoisotopic (exact) mass is 592 g/mol. The highest BCUT2D eigenvalue weighted by atomic mass is 127. The normalized spacial score (nSPS) is 14.5. The lowest BCUT2D eigenvalue weighted by Gasteiger charge is -2.35. The highest BCUT2D eigenvalue weighted by molar-refractivity contribution is 14.0. The van der Waals surface area contributed by atoms with Gasteiger partial charge in [0.2, 0.25) is 0 Å². The predicted octanol–water partition coefficient (Wildman–Crippen LogP) is 6.79. The minimum Gasteiger partial charge on any atom is -0.469 e. The van der Waals surface area contributed by atoms with E-state index < -0.39 is 0 Å². The first kappa shape index (κ1) is 32.8. The maximum absolute atomic E-state index is 12.4. The van der Waals surface area contributed by atoms with E-state index in [1.807, 2.05) is 0 Å². The Morgan fingerprint density at radius 3 is 2.09 bits per heavy atom. The van der Waals surface area contributed by atoms with Crippen molar-refractivity contribution in [3.8, 4) is 0 Å². The first-order valence-electron chi connectivity index (χ1n) is 13.0. The summed E-state index contributed by atoms with van der Waals surface area (Å²) in [6, 6.07) is 0.167. The van der Waals surface area contributed by atoms with Crippen LogP contribution in [0.4, 0.5) is 0 Å². The van der Waals surface area contributed by atoms with Gasteiger partial charge in [-0.2, -0.15) is 0 Å². The van der Waals surface area contributed by atoms with E-state index in [9.17, 15) is 9.59 Å². The number of nitrogens with zero attached hydrogens (tertiary/aromatic N) is 2. The third-order valence-corrected chi connectivity index (χ3v) is 6.31. The summed E-state index contributed by atoms with van der Waals surface area (Å²) >= 11 is 0. The van der Waals surface area contributed by atoms with Crippen LogP contribution in [-0.2, 0) is 19.1 Å². The lowest BCUT2D eigenvalue weighted by molar-refractivity contribution is -0.148. The molecule has 34 heavy (non-hydrogen) atoms. The van der Waals surface area contributed by atoms with Crippen molar-refractivity contribution in [1.82, 2.24) is 9.80 Å². The lowest BCUT2D eigenvalue weighted by atomic mass is 9.96. The van der Waals surface area contributed by atoms with Crippen LogP contribution in [0.2, 0.25) is 0 Å². The molecule has 0 fully saturated rings. The molecule has 1 heterocycles. The lowest BCUT2D eigenvalue weighted by Crippen LogP contribution is -2.44. The zero-order valence-corrected chi connectivity index (χ0v) is 24.4. The Morgan fingerprint density at radius 2 is 1.53 bits per heavy atom. The topological polar surface area (TPSA) is 59.1 Å². The Labute approximate surface area is 225 Å². The van der Waals surface area contributed by atoms with Gasteiger partial charge in [-0.05, 0) is 32.6 Å². The van der Waals surface area contributed by atoms with E-state index >= 15 is 0 Å². The Balaban J connectivity index is 0.0000109. The van der Waals surface area contributed by atoms with E-state index in [0.717, 1.165) is 58.0 Å². The maximum atomic E-state index is 12.4. The van der Waals surface area contributed by atoms with Crippen LogP contribution >= 0.6 is 24.0 Å². The molecule has 0 spiro atoms. The molecule has 7 heteroatoms. The zero-order chi connectivity index (χ0) is 24.5. The third-order valence-electron chi connectivity index (χ3n) is 6.31. The van der Waals surface area contributed by atoms with E-state index in [4.69, 9.17) is 9.47 Å². The highest BCUT2D eigenvalue weighted by Gasteiger charge is 2.30. The predicted molar refractivity (Wildman–Crippen MR) is 150 cm³/mol. The van der Waals surface area contributed by atoms with Gasteiger partial charge in [0.1, 0.15) is 6.10 Å². The molecule has 2 unspecified atom stereocenters. The molecule has 0 aromatic heterocycles. The smallest absolute Gasteiger partial charge is 0.333 e. The largest absolute Gasteiger partial charge is 0.469 e. The number of esters is 2. The molecule has 0 aromatic rings. The van der Waals surface area contributed by atoms with Crippen molar-refractivity contribution in [1.29, 1.82) is 0 Å². The van der Waals surface area contributed by atoms with Gasteiger partial charge in [-0.15, -0.1) is 24.0 Å². The molecule has 1 rings (SSSR count). The van der Waals surface area contributed by atoms with Gasteiger partial charge in [-0.1, -0.05) is 71.3 Å². The third kappa shape index (κ3) is 14.2. The summed E-state index contributed by atoms with van der Waals surface area (Å²) in [7, 11) is 3.51. The SMILES string of the molecule is C=C(C)C(=O)OC(CCCCCCCC)C(CCCCCCCC(=O)OC)N1C=CN(C)C1.I. The number of unbranched alkanes of at least 4 members (excludes halogenated alkanes) is 9. The molecule has 6 nitrogen and oxygen atoms in total. The van der Waals surface area contributed by atoms with Crippen molar-refractivity contribution >= 4 is 35.9 Å². The fourth-order valence-corrected chi connectivity index (χ4v) is 4.28. The fourth-order valence-electron chi connectivity index (χ4n) is 4.28.